The van der Waals surface area contributed by atoms with Gasteiger partial charge in [-0.2, -0.15) is 0 Å². The molecule has 1 saturated heterocycles. The smallest absolute Gasteiger partial charge is 0.221 e. The molecule has 2 rings (SSSR count). The zero-order valence-corrected chi connectivity index (χ0v) is 13.3. The van der Waals surface area contributed by atoms with E-state index in [4.69, 9.17) is 11.6 Å². The predicted molar refractivity (Wildman–Crippen MR) is 83.1 cm³/mol. The Labute approximate surface area is 130 Å². The van der Waals surface area contributed by atoms with Gasteiger partial charge in [-0.3, -0.25) is 4.79 Å². The maximum atomic E-state index is 13.1. The Bertz CT molecular complexity index is 513. The molecular formula is C16H22ClFN2O. The van der Waals surface area contributed by atoms with Gasteiger partial charge in [0, 0.05) is 29.4 Å². The van der Waals surface area contributed by atoms with Gasteiger partial charge in [-0.25, -0.2) is 4.39 Å². The van der Waals surface area contributed by atoms with Gasteiger partial charge in [-0.15, -0.1) is 0 Å². The summed E-state index contributed by atoms with van der Waals surface area (Å²) in [7, 11) is 0. The van der Waals surface area contributed by atoms with Crippen LogP contribution < -0.4 is 10.6 Å². The SMILES string of the molecule is CC(C)(CNC(=O)CC1CCCN1)c1ccc(F)cc1Cl. The molecule has 2 N–H and O–H groups in total. The minimum atomic E-state index is -0.351. The zero-order chi connectivity index (χ0) is 15.5. The van der Waals surface area contributed by atoms with E-state index in [2.05, 4.69) is 10.6 Å². The highest BCUT2D eigenvalue weighted by Crippen LogP contribution is 2.30. The average Bonchev–Trinajstić information content (AvgIpc) is 2.89. The highest BCUT2D eigenvalue weighted by Gasteiger charge is 2.25. The number of rotatable bonds is 5. The molecule has 0 aliphatic carbocycles. The van der Waals surface area contributed by atoms with Crippen molar-refractivity contribution < 1.29 is 9.18 Å². The molecule has 1 amide bonds. The number of benzene rings is 1. The molecule has 1 aliphatic rings. The lowest BCUT2D eigenvalue weighted by molar-refractivity contribution is -0.121. The van der Waals surface area contributed by atoms with E-state index in [1.54, 1.807) is 6.07 Å². The third kappa shape index (κ3) is 4.42. The Morgan fingerprint density at radius 2 is 2.29 bits per heavy atom. The van der Waals surface area contributed by atoms with E-state index in [0.29, 0.717) is 24.0 Å². The van der Waals surface area contributed by atoms with Gasteiger partial charge in [-0.1, -0.05) is 31.5 Å². The number of hydrogen-bond donors (Lipinski definition) is 2. The van der Waals surface area contributed by atoms with Crippen LogP contribution in [0.5, 0.6) is 0 Å². The molecular weight excluding hydrogens is 291 g/mol. The van der Waals surface area contributed by atoms with Crippen molar-refractivity contribution in [3.05, 3.63) is 34.6 Å². The molecule has 5 heteroatoms. The summed E-state index contributed by atoms with van der Waals surface area (Å²) in [6, 6.07) is 4.68. The largest absolute Gasteiger partial charge is 0.355 e. The minimum Gasteiger partial charge on any atom is -0.355 e. The molecule has 21 heavy (non-hydrogen) atoms. The fraction of sp³-hybridized carbons (Fsp3) is 0.562. The molecule has 0 aromatic heterocycles. The van der Waals surface area contributed by atoms with Gasteiger partial charge in [-0.05, 0) is 37.1 Å². The van der Waals surface area contributed by atoms with Crippen LogP contribution >= 0.6 is 11.6 Å². The number of carbonyl (C=O) groups is 1. The molecule has 1 unspecified atom stereocenters. The second-order valence-corrected chi connectivity index (χ2v) is 6.69. The third-order valence-electron chi connectivity index (χ3n) is 3.98. The van der Waals surface area contributed by atoms with Crippen molar-refractivity contribution in [2.24, 2.45) is 0 Å². The number of carbonyl (C=O) groups excluding carboxylic acids is 1. The minimum absolute atomic E-state index is 0.0423. The van der Waals surface area contributed by atoms with Gasteiger partial charge in [0.05, 0.1) is 0 Å². The van der Waals surface area contributed by atoms with E-state index >= 15 is 0 Å². The van der Waals surface area contributed by atoms with Gasteiger partial charge < -0.3 is 10.6 Å². The summed E-state index contributed by atoms with van der Waals surface area (Å²) in [6.07, 6.45) is 2.70. The molecule has 0 radical (unpaired) electrons. The molecule has 116 valence electrons. The molecule has 3 nitrogen and oxygen atoms in total. The lowest BCUT2D eigenvalue weighted by Crippen LogP contribution is -2.39. The quantitative estimate of drug-likeness (QED) is 0.877. The van der Waals surface area contributed by atoms with Gasteiger partial charge >= 0.3 is 0 Å². The van der Waals surface area contributed by atoms with Gasteiger partial charge in [0.15, 0.2) is 0 Å². The number of amides is 1. The third-order valence-corrected chi connectivity index (χ3v) is 4.29. The number of hydrogen-bond acceptors (Lipinski definition) is 2. The van der Waals surface area contributed by atoms with Crippen LogP contribution in [-0.2, 0) is 10.2 Å². The van der Waals surface area contributed by atoms with Gasteiger partial charge in [0.2, 0.25) is 5.91 Å². The summed E-state index contributed by atoms with van der Waals surface area (Å²) in [5.74, 6) is -0.309. The van der Waals surface area contributed by atoms with E-state index in [1.807, 2.05) is 13.8 Å². The summed E-state index contributed by atoms with van der Waals surface area (Å²) in [5, 5.41) is 6.66. The van der Waals surface area contributed by atoms with Crippen molar-refractivity contribution in [2.75, 3.05) is 13.1 Å². The summed E-state index contributed by atoms with van der Waals surface area (Å²) in [5.41, 5.74) is 0.494. The van der Waals surface area contributed by atoms with Crippen molar-refractivity contribution in [3.8, 4) is 0 Å². The van der Waals surface area contributed by atoms with E-state index < -0.39 is 0 Å². The van der Waals surface area contributed by atoms with Crippen molar-refractivity contribution in [2.45, 2.75) is 44.6 Å². The molecule has 1 aromatic carbocycles. The zero-order valence-electron chi connectivity index (χ0n) is 12.5. The number of nitrogens with one attached hydrogen (secondary N) is 2. The summed E-state index contributed by atoms with van der Waals surface area (Å²) >= 11 is 6.10. The van der Waals surface area contributed by atoms with Crippen LogP contribution in [0.1, 0.15) is 38.7 Å². The Morgan fingerprint density at radius 1 is 1.52 bits per heavy atom. The second kappa shape index (κ2) is 6.75. The highest BCUT2D eigenvalue weighted by atomic mass is 35.5. The maximum Gasteiger partial charge on any atom is 0.221 e. The van der Waals surface area contributed by atoms with Crippen LogP contribution in [-0.4, -0.2) is 25.0 Å². The lowest BCUT2D eigenvalue weighted by atomic mass is 9.84. The Morgan fingerprint density at radius 3 is 2.90 bits per heavy atom. The summed E-state index contributed by atoms with van der Waals surface area (Å²) in [4.78, 5) is 12.0. The second-order valence-electron chi connectivity index (χ2n) is 6.28. The van der Waals surface area contributed by atoms with Crippen LogP contribution in [0.4, 0.5) is 4.39 Å². The highest BCUT2D eigenvalue weighted by molar-refractivity contribution is 6.31. The van der Waals surface area contributed by atoms with Crippen molar-refractivity contribution in [1.29, 1.82) is 0 Å². The van der Waals surface area contributed by atoms with Crippen molar-refractivity contribution in [1.82, 2.24) is 10.6 Å². The molecule has 1 aliphatic heterocycles. The normalized spacial score (nSPS) is 18.8. The molecule has 0 spiro atoms. The first-order valence-electron chi connectivity index (χ1n) is 7.34. The van der Waals surface area contributed by atoms with E-state index in [0.717, 1.165) is 24.9 Å². The van der Waals surface area contributed by atoms with Crippen LogP contribution in [0.3, 0.4) is 0 Å². The average molecular weight is 313 g/mol. The van der Waals surface area contributed by atoms with E-state index in [9.17, 15) is 9.18 Å². The van der Waals surface area contributed by atoms with Crippen LogP contribution in [0.25, 0.3) is 0 Å². The van der Waals surface area contributed by atoms with Crippen molar-refractivity contribution >= 4 is 17.5 Å². The standard InChI is InChI=1S/C16H22ClFN2O/c1-16(2,13-6-5-11(18)8-14(13)17)10-20-15(21)9-12-4-3-7-19-12/h5-6,8,12,19H,3-4,7,9-10H2,1-2H3,(H,20,21). The molecule has 0 saturated carbocycles. The summed E-state index contributed by atoms with van der Waals surface area (Å²) < 4.78 is 13.1. The first-order valence-corrected chi connectivity index (χ1v) is 7.72. The monoisotopic (exact) mass is 312 g/mol. The lowest BCUT2D eigenvalue weighted by Gasteiger charge is -2.27. The van der Waals surface area contributed by atoms with Crippen LogP contribution in [0, 0.1) is 5.82 Å². The molecule has 1 aromatic rings. The first kappa shape index (κ1) is 16.2. The summed E-state index contributed by atoms with van der Waals surface area (Å²) in [6.45, 7) is 5.44. The molecule has 0 bridgehead atoms. The van der Waals surface area contributed by atoms with Crippen LogP contribution in [0.2, 0.25) is 5.02 Å². The van der Waals surface area contributed by atoms with E-state index in [1.165, 1.54) is 12.1 Å². The Kier molecular flexibility index (Phi) is 5.22. The number of halogens is 2. The van der Waals surface area contributed by atoms with Crippen molar-refractivity contribution in [3.63, 3.8) is 0 Å². The topological polar surface area (TPSA) is 41.1 Å². The fourth-order valence-electron chi connectivity index (χ4n) is 2.68. The molecule has 1 atom stereocenters. The van der Waals surface area contributed by atoms with Crippen LogP contribution in [0.15, 0.2) is 18.2 Å². The first-order chi connectivity index (χ1) is 9.88. The fourth-order valence-corrected chi connectivity index (χ4v) is 3.10. The van der Waals surface area contributed by atoms with Gasteiger partial charge in [0.1, 0.15) is 5.82 Å². The predicted octanol–water partition coefficient (Wildman–Crippen LogP) is 3.02. The Balaban J connectivity index is 1.92. The van der Waals surface area contributed by atoms with Gasteiger partial charge in [0.25, 0.3) is 0 Å². The van der Waals surface area contributed by atoms with E-state index in [-0.39, 0.29) is 17.1 Å². The Hall–Kier alpha value is -1.13. The molecule has 1 fully saturated rings. The maximum absolute atomic E-state index is 13.1. The molecule has 1 heterocycles.